The number of ether oxygens (including phenoxy) is 2. The zero-order valence-electron chi connectivity index (χ0n) is 15.3. The van der Waals surface area contributed by atoms with Gasteiger partial charge in [-0.05, 0) is 35.4 Å². The van der Waals surface area contributed by atoms with Crippen molar-refractivity contribution < 1.29 is 24.0 Å². The minimum absolute atomic E-state index is 0.463. The molecule has 0 radical (unpaired) electrons. The van der Waals surface area contributed by atoms with Crippen LogP contribution in [0.25, 0.3) is 0 Å². The summed E-state index contributed by atoms with van der Waals surface area (Å²) in [5.41, 5.74) is 1.01. The van der Waals surface area contributed by atoms with Gasteiger partial charge in [0, 0.05) is 17.3 Å². The zero-order chi connectivity index (χ0) is 20.3. The van der Waals surface area contributed by atoms with Crippen LogP contribution >= 0.6 is 0 Å². The van der Waals surface area contributed by atoms with Gasteiger partial charge in [0.25, 0.3) is 0 Å². The molecule has 28 heavy (non-hydrogen) atoms. The van der Waals surface area contributed by atoms with E-state index in [1.54, 1.807) is 36.4 Å². The van der Waals surface area contributed by atoms with Crippen molar-refractivity contribution in [1.29, 1.82) is 0 Å². The van der Waals surface area contributed by atoms with Crippen LogP contribution in [0.4, 0.5) is 0 Å². The molecule has 1 saturated heterocycles. The van der Waals surface area contributed by atoms with Crippen LogP contribution in [-0.4, -0.2) is 42.0 Å². The number of nitro groups is 1. The molecule has 1 fully saturated rings. The lowest BCUT2D eigenvalue weighted by Gasteiger charge is -2.37. The molecule has 9 nitrogen and oxygen atoms in total. The van der Waals surface area contributed by atoms with E-state index < -0.39 is 40.7 Å². The van der Waals surface area contributed by atoms with Gasteiger partial charge in [-0.25, -0.2) is 0 Å². The highest BCUT2D eigenvalue weighted by atomic mass is 16.6. The van der Waals surface area contributed by atoms with Gasteiger partial charge in [-0.3, -0.25) is 24.7 Å². The Morgan fingerprint density at radius 1 is 1.11 bits per heavy atom. The number of rotatable bonds is 5. The summed E-state index contributed by atoms with van der Waals surface area (Å²) < 4.78 is 9.89. The first-order chi connectivity index (χ1) is 13.5. The Kier molecular flexibility index (Phi) is 5.53. The number of methoxy groups -OCH3 is 2. The van der Waals surface area contributed by atoms with Crippen LogP contribution in [0.5, 0.6) is 5.75 Å². The molecule has 1 aliphatic heterocycles. The predicted molar refractivity (Wildman–Crippen MR) is 97.1 cm³/mol. The maximum atomic E-state index is 12.8. The minimum atomic E-state index is -1.34. The van der Waals surface area contributed by atoms with Gasteiger partial charge in [0.15, 0.2) is 0 Å². The van der Waals surface area contributed by atoms with E-state index >= 15 is 0 Å². The van der Waals surface area contributed by atoms with Crippen molar-refractivity contribution in [3.63, 3.8) is 0 Å². The predicted octanol–water partition coefficient (Wildman–Crippen LogP) is 1.48. The third kappa shape index (κ3) is 3.51. The van der Waals surface area contributed by atoms with Gasteiger partial charge in [0.1, 0.15) is 17.7 Å². The van der Waals surface area contributed by atoms with Crippen LogP contribution in [-0.2, 0) is 14.3 Å². The second-order valence-corrected chi connectivity index (χ2v) is 6.34. The highest BCUT2D eigenvalue weighted by Crippen LogP contribution is 2.41. The number of aromatic nitrogens is 1. The zero-order valence-corrected chi connectivity index (χ0v) is 15.3. The molecule has 146 valence electrons. The SMILES string of the molecule is COC(=O)[C@H]1C(=O)N[C@H](c2ccncc2)[C@@H]([N+](=O)[O-])[C@@H]1c1ccc(OC)cc1. The van der Waals surface area contributed by atoms with E-state index in [9.17, 15) is 19.7 Å². The van der Waals surface area contributed by atoms with Gasteiger partial charge in [0.05, 0.1) is 20.1 Å². The van der Waals surface area contributed by atoms with Crippen molar-refractivity contribution in [2.45, 2.75) is 18.0 Å². The molecule has 2 aromatic rings. The van der Waals surface area contributed by atoms with Crippen LogP contribution < -0.4 is 10.1 Å². The number of hydrogen-bond donors (Lipinski definition) is 1. The van der Waals surface area contributed by atoms with Crippen LogP contribution in [0.3, 0.4) is 0 Å². The fraction of sp³-hybridized carbons (Fsp3) is 0.316. The molecule has 0 unspecified atom stereocenters. The van der Waals surface area contributed by atoms with Crippen molar-refractivity contribution >= 4 is 11.9 Å². The molecule has 0 spiro atoms. The standard InChI is InChI=1S/C19H19N3O6/c1-27-13-5-3-11(4-6-13)14-15(19(24)28-2)18(23)21-16(17(14)22(25)26)12-7-9-20-10-8-12/h3-10,14-17H,1-2H3,(H,21,23)/t14-,15-,16-,17+/m1/s1. The summed E-state index contributed by atoms with van der Waals surface area (Å²) >= 11 is 0. The van der Waals surface area contributed by atoms with Crippen molar-refractivity contribution in [1.82, 2.24) is 10.3 Å². The van der Waals surface area contributed by atoms with Gasteiger partial charge in [-0.1, -0.05) is 12.1 Å². The Morgan fingerprint density at radius 2 is 1.75 bits per heavy atom. The van der Waals surface area contributed by atoms with Gasteiger partial charge in [-0.15, -0.1) is 0 Å². The summed E-state index contributed by atoms with van der Waals surface area (Å²) in [6.45, 7) is 0. The summed E-state index contributed by atoms with van der Waals surface area (Å²) in [4.78, 5) is 40.7. The molecular weight excluding hydrogens is 366 g/mol. The second-order valence-electron chi connectivity index (χ2n) is 6.34. The summed E-state index contributed by atoms with van der Waals surface area (Å²) in [5.74, 6) is -3.24. The van der Waals surface area contributed by atoms with E-state index in [0.717, 1.165) is 7.11 Å². The lowest BCUT2D eigenvalue weighted by atomic mass is 9.73. The molecule has 1 aromatic heterocycles. The number of hydrogen-bond acceptors (Lipinski definition) is 7. The fourth-order valence-corrected chi connectivity index (χ4v) is 3.60. The molecule has 1 aliphatic rings. The molecule has 3 rings (SSSR count). The van der Waals surface area contributed by atoms with E-state index in [1.807, 2.05) is 0 Å². The highest BCUT2D eigenvalue weighted by Gasteiger charge is 2.55. The Morgan fingerprint density at radius 3 is 2.29 bits per heavy atom. The average Bonchev–Trinajstić information content (AvgIpc) is 2.72. The largest absolute Gasteiger partial charge is 0.497 e. The first-order valence-corrected chi connectivity index (χ1v) is 8.53. The summed E-state index contributed by atoms with van der Waals surface area (Å²) in [6, 6.07) is 7.52. The molecule has 1 aromatic carbocycles. The molecule has 2 heterocycles. The van der Waals surface area contributed by atoms with E-state index in [-0.39, 0.29) is 0 Å². The Labute approximate surface area is 160 Å². The Bertz CT molecular complexity index is 871. The number of piperidine rings is 1. The van der Waals surface area contributed by atoms with Crippen LogP contribution in [0.1, 0.15) is 23.1 Å². The molecule has 1 N–H and O–H groups in total. The maximum absolute atomic E-state index is 12.8. The fourth-order valence-electron chi connectivity index (χ4n) is 3.60. The number of nitrogens with zero attached hydrogens (tertiary/aromatic N) is 2. The topological polar surface area (TPSA) is 121 Å². The number of nitrogens with one attached hydrogen (secondary N) is 1. The lowest BCUT2D eigenvalue weighted by Crippen LogP contribution is -2.56. The van der Waals surface area contributed by atoms with Crippen LogP contribution in [0.15, 0.2) is 48.8 Å². The maximum Gasteiger partial charge on any atom is 0.319 e. The average molecular weight is 385 g/mol. The number of pyridine rings is 1. The monoisotopic (exact) mass is 385 g/mol. The summed E-state index contributed by atoms with van der Waals surface area (Å²) in [6.07, 6.45) is 2.99. The first kappa shape index (κ1) is 19.3. The van der Waals surface area contributed by atoms with Crippen molar-refractivity contribution in [3.05, 3.63) is 70.0 Å². The Hall–Kier alpha value is -3.49. The molecule has 0 bridgehead atoms. The second kappa shape index (κ2) is 8.03. The van der Waals surface area contributed by atoms with Crippen molar-refractivity contribution in [2.24, 2.45) is 5.92 Å². The molecule has 0 saturated carbocycles. The van der Waals surface area contributed by atoms with Gasteiger partial charge in [0.2, 0.25) is 11.9 Å². The molecule has 1 amide bonds. The molecule has 4 atom stereocenters. The number of esters is 1. The normalized spacial score (nSPS) is 24.1. The first-order valence-electron chi connectivity index (χ1n) is 8.53. The van der Waals surface area contributed by atoms with Crippen molar-refractivity contribution in [3.8, 4) is 5.75 Å². The summed E-state index contributed by atoms with van der Waals surface area (Å²) in [5, 5.41) is 14.7. The van der Waals surface area contributed by atoms with E-state index in [1.165, 1.54) is 19.5 Å². The minimum Gasteiger partial charge on any atom is -0.497 e. The van der Waals surface area contributed by atoms with Gasteiger partial charge < -0.3 is 14.8 Å². The van der Waals surface area contributed by atoms with E-state index in [2.05, 4.69) is 10.3 Å². The smallest absolute Gasteiger partial charge is 0.319 e. The van der Waals surface area contributed by atoms with E-state index in [0.29, 0.717) is 16.9 Å². The number of benzene rings is 1. The third-order valence-electron chi connectivity index (χ3n) is 4.91. The number of amides is 1. The van der Waals surface area contributed by atoms with E-state index in [4.69, 9.17) is 9.47 Å². The molecular formula is C19H19N3O6. The lowest BCUT2D eigenvalue weighted by molar-refractivity contribution is -0.534. The van der Waals surface area contributed by atoms with Crippen molar-refractivity contribution in [2.75, 3.05) is 14.2 Å². The van der Waals surface area contributed by atoms with Crippen LogP contribution in [0, 0.1) is 16.0 Å². The molecule has 9 heteroatoms. The Balaban J connectivity index is 2.14. The quantitative estimate of drug-likeness (QED) is 0.358. The number of carbonyl (C=O) groups is 2. The number of carbonyl (C=O) groups excluding carboxylic acids is 2. The van der Waals surface area contributed by atoms with Gasteiger partial charge >= 0.3 is 5.97 Å². The summed E-state index contributed by atoms with van der Waals surface area (Å²) in [7, 11) is 2.65. The third-order valence-corrected chi connectivity index (χ3v) is 4.91. The van der Waals surface area contributed by atoms with Crippen LogP contribution in [0.2, 0.25) is 0 Å². The van der Waals surface area contributed by atoms with Gasteiger partial charge in [-0.2, -0.15) is 0 Å². The molecule has 0 aliphatic carbocycles. The highest BCUT2D eigenvalue weighted by molar-refractivity contribution is 6.00.